The second-order valence-corrected chi connectivity index (χ2v) is 16.3. The van der Waals surface area contributed by atoms with Gasteiger partial charge in [-0.05, 0) is 67.4 Å². The van der Waals surface area contributed by atoms with E-state index in [-0.39, 0.29) is 0 Å². The van der Waals surface area contributed by atoms with Crippen molar-refractivity contribution >= 4 is 113 Å². The highest BCUT2D eigenvalue weighted by atomic mass is 36.1. The largest absolute Gasteiger partial charge is 0.339 e. The lowest BCUT2D eigenvalue weighted by atomic mass is 11.9. The van der Waals surface area contributed by atoms with Crippen LogP contribution in [-0.2, 0) is 9.13 Å². The van der Waals surface area contributed by atoms with Gasteiger partial charge in [0.1, 0.15) is 0 Å². The lowest BCUT2D eigenvalue weighted by Gasteiger charge is -1.74. The van der Waals surface area contributed by atoms with Gasteiger partial charge in [-0.2, -0.15) is 0 Å². The molecule has 0 aromatic heterocycles. The van der Waals surface area contributed by atoms with Crippen LogP contribution in [-0.4, -0.2) is 4.30 Å². The first-order chi connectivity index (χ1) is 5.73. The Labute approximate surface area is 125 Å². The fourth-order valence-electron chi connectivity index (χ4n) is 0. The molecule has 0 saturated carbocycles. The van der Waals surface area contributed by atoms with Gasteiger partial charge in [0, 0.05) is 0 Å². The van der Waals surface area contributed by atoms with Gasteiger partial charge in [-0.3, -0.25) is 9.13 Å². The van der Waals surface area contributed by atoms with E-state index in [1.165, 1.54) is 0 Å². The predicted octanol–water partition coefficient (Wildman–Crippen LogP) is 7.61. The quantitative estimate of drug-likeness (QED) is 0.295. The fourth-order valence-corrected chi connectivity index (χ4v) is 0. The van der Waals surface area contributed by atoms with Gasteiger partial charge in [-0.1, -0.05) is 34.8 Å². The minimum Gasteiger partial charge on any atom is -0.271 e. The number of rotatable bonds is 0. The molecule has 0 N–H and O–H groups in total. The molecule has 0 atom stereocenters. The van der Waals surface area contributed by atoms with Crippen LogP contribution in [0.15, 0.2) is 0 Å². The normalized spacial score (nSPS) is 11.0. The summed E-state index contributed by atoms with van der Waals surface area (Å²) in [5.41, 5.74) is 0. The van der Waals surface area contributed by atoms with E-state index in [1.54, 1.807) is 0 Å². The zero-order valence-corrected chi connectivity index (χ0v) is 14.3. The van der Waals surface area contributed by atoms with E-state index in [1.807, 2.05) is 0 Å². The Morgan fingerprint density at radius 3 is 0.643 bits per heavy atom. The molecule has 0 bridgehead atoms. The molecule has 0 aliphatic rings. The molecule has 0 amide bonds. The third kappa shape index (κ3) is 317. The molecule has 0 rings (SSSR count). The lowest BCUT2D eigenvalue weighted by Crippen LogP contribution is -1.55. The number of hydrogen-bond donors (Lipinski definition) is 0. The topological polar surface area (TPSA) is 34.1 Å². The Morgan fingerprint density at radius 1 is 0.643 bits per heavy atom. The first-order valence-corrected chi connectivity index (χ1v) is 12.2. The van der Waals surface area contributed by atoms with E-state index in [9.17, 15) is 9.13 Å². The summed E-state index contributed by atoms with van der Waals surface area (Å²) in [5.74, 6) is 0. The summed E-state index contributed by atoms with van der Waals surface area (Å²) in [4.78, 5) is 0. The van der Waals surface area contributed by atoms with Crippen molar-refractivity contribution in [3.8, 4) is 0 Å². The second-order valence-electron chi connectivity index (χ2n) is 1.04. The number of halogens is 9. The van der Waals surface area contributed by atoms with Crippen molar-refractivity contribution in [1.29, 1.82) is 0 Å². The molecular formula is CHCl9O2P2. The van der Waals surface area contributed by atoms with Crippen LogP contribution >= 0.6 is 113 Å². The van der Waals surface area contributed by atoms with Crippen molar-refractivity contribution in [2.45, 2.75) is 4.30 Å². The van der Waals surface area contributed by atoms with Crippen LogP contribution in [0.4, 0.5) is 0 Å². The highest BCUT2D eigenvalue weighted by molar-refractivity contribution is 8.25. The average molecular weight is 426 g/mol. The summed E-state index contributed by atoms with van der Waals surface area (Å²) >= 11 is 42.1. The van der Waals surface area contributed by atoms with Crippen LogP contribution in [0.3, 0.4) is 0 Å². The van der Waals surface area contributed by atoms with E-state index in [0.717, 1.165) is 0 Å². The Morgan fingerprint density at radius 2 is 0.643 bits per heavy atom. The van der Waals surface area contributed by atoms with Crippen LogP contribution in [0.2, 0.25) is 0 Å². The minimum absolute atomic E-state index is 0.750. The molecule has 0 saturated heterocycles. The average Bonchev–Trinajstić information content (AvgIpc) is 1.45. The standard InChI is InChI=1S/CHCl3.2Cl3OP/c2-1(3)4;2*1-5(2,3)4/h1H;;. The highest BCUT2D eigenvalue weighted by Gasteiger charge is 2.03. The molecule has 2 nitrogen and oxygen atoms in total. The molecule has 0 radical (unpaired) electrons. The molecule has 13 heteroatoms. The summed E-state index contributed by atoms with van der Waals surface area (Å²) < 4.78 is 18.3. The van der Waals surface area contributed by atoms with Crippen molar-refractivity contribution < 1.29 is 9.13 Å². The summed E-state index contributed by atoms with van der Waals surface area (Å²) in [6, 6.07) is 0. The van der Waals surface area contributed by atoms with Crippen molar-refractivity contribution in [3.63, 3.8) is 0 Å². The Kier molecular flexibility index (Phi) is 17.8. The third-order valence-electron chi connectivity index (χ3n) is 0. The molecule has 90 valence electrons. The molecule has 14 heavy (non-hydrogen) atoms. The Hall–Kier alpha value is 3.07. The van der Waals surface area contributed by atoms with Gasteiger partial charge in [0.05, 0.1) is 0 Å². The smallest absolute Gasteiger partial charge is 0.271 e. The van der Waals surface area contributed by atoms with Crippen LogP contribution in [0.5, 0.6) is 0 Å². The van der Waals surface area contributed by atoms with Gasteiger partial charge in [0.15, 0.2) is 4.30 Å². The summed E-state index contributed by atoms with van der Waals surface area (Å²) in [5, 5.41) is -6.44. The minimum atomic E-state index is -3.22. The second kappa shape index (κ2) is 11.2. The van der Waals surface area contributed by atoms with Crippen molar-refractivity contribution in [2.24, 2.45) is 0 Å². The molecule has 0 spiro atoms. The molecule has 0 fully saturated rings. The SMILES string of the molecule is ClC(Cl)Cl.O=P(Cl)(Cl)Cl.O=P(Cl)(Cl)Cl. The van der Waals surface area contributed by atoms with Gasteiger partial charge >= 0.3 is 10.4 Å². The van der Waals surface area contributed by atoms with Gasteiger partial charge in [-0.15, -0.1) is 0 Å². The lowest BCUT2D eigenvalue weighted by molar-refractivity contribution is 0.599. The van der Waals surface area contributed by atoms with Gasteiger partial charge in [-0.25, -0.2) is 0 Å². The summed E-state index contributed by atoms with van der Waals surface area (Å²) in [6.07, 6.45) is 0. The summed E-state index contributed by atoms with van der Waals surface area (Å²) in [7, 11) is 0. The predicted molar refractivity (Wildman–Crippen MR) is 71.7 cm³/mol. The first-order valence-electron chi connectivity index (χ1n) is 2.03. The molecule has 0 unspecified atom stereocenters. The Balaban J connectivity index is -0.000000131. The molecule has 0 aliphatic heterocycles. The van der Waals surface area contributed by atoms with Crippen LogP contribution in [0.1, 0.15) is 0 Å². The summed E-state index contributed by atoms with van der Waals surface area (Å²) in [6.45, 7) is 0. The molecule has 0 aliphatic carbocycles. The van der Waals surface area contributed by atoms with E-state index < -0.39 is 14.7 Å². The molecule has 0 aromatic carbocycles. The number of alkyl halides is 3. The van der Waals surface area contributed by atoms with Crippen molar-refractivity contribution in [1.82, 2.24) is 0 Å². The maximum atomic E-state index is 9.51. The monoisotopic (exact) mass is 422 g/mol. The van der Waals surface area contributed by atoms with Crippen LogP contribution in [0.25, 0.3) is 0 Å². The van der Waals surface area contributed by atoms with Crippen molar-refractivity contribution in [3.05, 3.63) is 0 Å². The molecule has 0 aromatic rings. The van der Waals surface area contributed by atoms with E-state index in [2.05, 4.69) is 67.4 Å². The van der Waals surface area contributed by atoms with Crippen molar-refractivity contribution in [2.75, 3.05) is 0 Å². The highest BCUT2D eigenvalue weighted by Crippen LogP contribution is 2.61. The van der Waals surface area contributed by atoms with Gasteiger partial charge < -0.3 is 0 Å². The van der Waals surface area contributed by atoms with E-state index >= 15 is 0 Å². The first kappa shape index (κ1) is 22.3. The zero-order chi connectivity index (χ0) is 12.6. The molecular weight excluding hydrogens is 425 g/mol. The Bertz CT molecular complexity index is 164. The third-order valence-corrected chi connectivity index (χ3v) is 0. The van der Waals surface area contributed by atoms with E-state index in [4.69, 9.17) is 34.8 Å². The maximum Gasteiger partial charge on any atom is 0.339 e. The number of hydrogen-bond acceptors (Lipinski definition) is 2. The maximum absolute atomic E-state index is 9.51. The zero-order valence-electron chi connectivity index (χ0n) is 5.69. The van der Waals surface area contributed by atoms with Crippen LogP contribution < -0.4 is 0 Å². The molecule has 0 heterocycles. The van der Waals surface area contributed by atoms with Gasteiger partial charge in [0.25, 0.3) is 0 Å². The fraction of sp³-hybridized carbons (Fsp3) is 1.00. The van der Waals surface area contributed by atoms with Gasteiger partial charge in [0.2, 0.25) is 0 Å². The van der Waals surface area contributed by atoms with E-state index in [0.29, 0.717) is 0 Å². The van der Waals surface area contributed by atoms with Crippen LogP contribution in [0, 0.1) is 0 Å².